The maximum atomic E-state index is 11.9. The summed E-state index contributed by atoms with van der Waals surface area (Å²) >= 11 is 1.29. The second-order valence-electron chi connectivity index (χ2n) is 5.31. The monoisotopic (exact) mass is 312 g/mol. The number of carboxylic acids is 1. The number of aromatic nitrogens is 3. The lowest BCUT2D eigenvalue weighted by Crippen LogP contribution is -2.45. The third-order valence-electron chi connectivity index (χ3n) is 3.61. The summed E-state index contributed by atoms with van der Waals surface area (Å²) in [5, 5.41) is 20.3. The van der Waals surface area contributed by atoms with Gasteiger partial charge in [0.1, 0.15) is 12.4 Å². The van der Waals surface area contributed by atoms with Crippen LogP contribution in [0.5, 0.6) is 0 Å². The molecular weight excluding hydrogens is 292 g/mol. The molecule has 0 spiro atoms. The first-order valence-electron chi connectivity index (χ1n) is 7.07. The standard InChI is InChI=1S/C13H20N4O3S/c1-3-8(2)11(12(19)20)15-10(18)6-21-13-16-14-7-17(13)9-4-5-9/h7-9,11H,3-6H2,1-2H3,(H,15,18)(H,19,20)/t8-,11-/m0/s1. The topological polar surface area (TPSA) is 97.1 Å². The zero-order valence-electron chi connectivity index (χ0n) is 12.2. The third kappa shape index (κ3) is 4.20. The first-order valence-corrected chi connectivity index (χ1v) is 8.06. The predicted octanol–water partition coefficient (Wildman–Crippen LogP) is 1.32. The third-order valence-corrected chi connectivity index (χ3v) is 4.57. The Hall–Kier alpha value is -1.57. The van der Waals surface area contributed by atoms with Crippen LogP contribution in [0.2, 0.25) is 0 Å². The largest absolute Gasteiger partial charge is 0.480 e. The molecule has 1 aliphatic carbocycles. The molecule has 8 heteroatoms. The average Bonchev–Trinajstić information content (AvgIpc) is 3.20. The van der Waals surface area contributed by atoms with E-state index in [1.807, 2.05) is 18.4 Å². The lowest BCUT2D eigenvalue weighted by Gasteiger charge is -2.19. The Bertz CT molecular complexity index is 515. The van der Waals surface area contributed by atoms with Crippen LogP contribution in [0.1, 0.15) is 39.2 Å². The van der Waals surface area contributed by atoms with Gasteiger partial charge in [-0.05, 0) is 18.8 Å². The Balaban J connectivity index is 1.86. The fourth-order valence-electron chi connectivity index (χ4n) is 1.97. The Morgan fingerprint density at radius 1 is 1.57 bits per heavy atom. The number of thioether (sulfide) groups is 1. The zero-order valence-corrected chi connectivity index (χ0v) is 13.0. The lowest BCUT2D eigenvalue weighted by atomic mass is 9.99. The molecule has 1 aromatic heterocycles. The van der Waals surface area contributed by atoms with Gasteiger partial charge in [0.15, 0.2) is 5.16 Å². The molecule has 116 valence electrons. The van der Waals surface area contributed by atoms with Crippen molar-refractivity contribution in [1.82, 2.24) is 20.1 Å². The van der Waals surface area contributed by atoms with Gasteiger partial charge in [0.2, 0.25) is 5.91 Å². The normalized spacial score (nSPS) is 17.2. The van der Waals surface area contributed by atoms with Crippen LogP contribution in [0, 0.1) is 5.92 Å². The van der Waals surface area contributed by atoms with E-state index in [4.69, 9.17) is 5.11 Å². The smallest absolute Gasteiger partial charge is 0.326 e. The molecule has 0 saturated heterocycles. The summed E-state index contributed by atoms with van der Waals surface area (Å²) in [5.41, 5.74) is 0. The van der Waals surface area contributed by atoms with Gasteiger partial charge in [-0.3, -0.25) is 4.79 Å². The maximum absolute atomic E-state index is 11.9. The minimum absolute atomic E-state index is 0.105. The average molecular weight is 312 g/mol. The number of nitrogens with zero attached hydrogens (tertiary/aromatic N) is 3. The van der Waals surface area contributed by atoms with E-state index in [0.717, 1.165) is 12.8 Å². The van der Waals surface area contributed by atoms with Crippen molar-refractivity contribution in [2.75, 3.05) is 5.75 Å². The van der Waals surface area contributed by atoms with Gasteiger partial charge in [0.25, 0.3) is 0 Å². The van der Waals surface area contributed by atoms with Crippen molar-refractivity contribution in [2.24, 2.45) is 5.92 Å². The summed E-state index contributed by atoms with van der Waals surface area (Å²) in [4.78, 5) is 23.1. The van der Waals surface area contributed by atoms with Crippen LogP contribution in [0.3, 0.4) is 0 Å². The van der Waals surface area contributed by atoms with Crippen molar-refractivity contribution in [3.63, 3.8) is 0 Å². The molecule has 1 amide bonds. The molecular formula is C13H20N4O3S. The number of aliphatic carboxylic acids is 1. The van der Waals surface area contributed by atoms with Crippen LogP contribution in [-0.2, 0) is 9.59 Å². The fourth-order valence-corrected chi connectivity index (χ4v) is 2.76. The van der Waals surface area contributed by atoms with Crippen molar-refractivity contribution >= 4 is 23.6 Å². The second-order valence-corrected chi connectivity index (χ2v) is 6.25. The zero-order chi connectivity index (χ0) is 15.4. The maximum Gasteiger partial charge on any atom is 0.326 e. The van der Waals surface area contributed by atoms with E-state index >= 15 is 0 Å². The number of hydrogen-bond donors (Lipinski definition) is 2. The summed E-state index contributed by atoms with van der Waals surface area (Å²) in [7, 11) is 0. The van der Waals surface area contributed by atoms with E-state index in [-0.39, 0.29) is 17.6 Å². The highest BCUT2D eigenvalue weighted by Crippen LogP contribution is 2.37. The highest BCUT2D eigenvalue weighted by atomic mass is 32.2. The molecule has 7 nitrogen and oxygen atoms in total. The Morgan fingerprint density at radius 2 is 2.29 bits per heavy atom. The molecule has 0 radical (unpaired) electrons. The summed E-state index contributed by atoms with van der Waals surface area (Å²) in [5.74, 6) is -1.25. The predicted molar refractivity (Wildman–Crippen MR) is 78.0 cm³/mol. The molecule has 0 aliphatic heterocycles. The number of hydrogen-bond acceptors (Lipinski definition) is 5. The molecule has 1 aliphatic rings. The minimum atomic E-state index is -0.996. The molecule has 2 rings (SSSR count). The van der Waals surface area contributed by atoms with Crippen LogP contribution < -0.4 is 5.32 Å². The van der Waals surface area contributed by atoms with Gasteiger partial charge in [0, 0.05) is 6.04 Å². The SMILES string of the molecule is CC[C@H](C)[C@H](NC(=O)CSc1nncn1C1CC1)C(=O)O. The summed E-state index contributed by atoms with van der Waals surface area (Å²) < 4.78 is 1.97. The van der Waals surface area contributed by atoms with Crippen LogP contribution >= 0.6 is 11.8 Å². The number of carboxylic acid groups (broad SMARTS) is 1. The van der Waals surface area contributed by atoms with Gasteiger partial charge in [-0.1, -0.05) is 32.0 Å². The molecule has 2 N–H and O–H groups in total. The van der Waals surface area contributed by atoms with Crippen LogP contribution in [0.15, 0.2) is 11.5 Å². The van der Waals surface area contributed by atoms with Gasteiger partial charge < -0.3 is 15.0 Å². The van der Waals surface area contributed by atoms with Crippen LogP contribution in [-0.4, -0.2) is 43.5 Å². The molecule has 21 heavy (non-hydrogen) atoms. The van der Waals surface area contributed by atoms with Gasteiger partial charge in [-0.15, -0.1) is 10.2 Å². The highest BCUT2D eigenvalue weighted by Gasteiger charge is 2.28. The van der Waals surface area contributed by atoms with Crippen molar-refractivity contribution in [1.29, 1.82) is 0 Å². The van der Waals surface area contributed by atoms with E-state index in [9.17, 15) is 9.59 Å². The summed E-state index contributed by atoms with van der Waals surface area (Å²) in [6.07, 6.45) is 4.61. The molecule has 1 fully saturated rings. The van der Waals surface area contributed by atoms with Crippen molar-refractivity contribution in [2.45, 2.75) is 50.4 Å². The minimum Gasteiger partial charge on any atom is -0.480 e. The Morgan fingerprint density at radius 3 is 2.86 bits per heavy atom. The van der Waals surface area contributed by atoms with Crippen LogP contribution in [0.4, 0.5) is 0 Å². The Labute approximate surface area is 127 Å². The van der Waals surface area contributed by atoms with E-state index in [1.54, 1.807) is 6.33 Å². The van der Waals surface area contributed by atoms with Gasteiger partial charge >= 0.3 is 5.97 Å². The van der Waals surface area contributed by atoms with Crippen molar-refractivity contribution < 1.29 is 14.7 Å². The Kier molecular flexibility index (Phi) is 5.22. The van der Waals surface area contributed by atoms with Crippen molar-refractivity contribution in [3.8, 4) is 0 Å². The fraction of sp³-hybridized carbons (Fsp3) is 0.692. The number of amides is 1. The summed E-state index contributed by atoms with van der Waals surface area (Å²) in [6.45, 7) is 3.72. The summed E-state index contributed by atoms with van der Waals surface area (Å²) in [6, 6.07) is -0.387. The second kappa shape index (κ2) is 6.93. The quantitative estimate of drug-likeness (QED) is 0.703. The molecule has 0 bridgehead atoms. The first-order chi connectivity index (χ1) is 10.0. The number of rotatable bonds is 8. The number of nitrogens with one attached hydrogen (secondary N) is 1. The molecule has 1 saturated carbocycles. The van der Waals surface area contributed by atoms with Crippen LogP contribution in [0.25, 0.3) is 0 Å². The van der Waals surface area contributed by atoms with Crippen molar-refractivity contribution in [3.05, 3.63) is 6.33 Å². The highest BCUT2D eigenvalue weighted by molar-refractivity contribution is 7.99. The van der Waals surface area contributed by atoms with Gasteiger partial charge in [0.05, 0.1) is 5.75 Å². The molecule has 0 aromatic carbocycles. The van der Waals surface area contributed by atoms with E-state index in [1.165, 1.54) is 11.8 Å². The molecule has 0 unspecified atom stereocenters. The van der Waals surface area contributed by atoms with Gasteiger partial charge in [-0.25, -0.2) is 4.79 Å². The molecule has 1 aromatic rings. The van der Waals surface area contributed by atoms with E-state index < -0.39 is 12.0 Å². The lowest BCUT2D eigenvalue weighted by molar-refractivity contribution is -0.143. The first kappa shape index (κ1) is 15.8. The molecule has 2 atom stereocenters. The van der Waals surface area contributed by atoms with Gasteiger partial charge in [-0.2, -0.15) is 0 Å². The van der Waals surface area contributed by atoms with E-state index in [0.29, 0.717) is 17.6 Å². The number of carbonyl (C=O) groups is 2. The van der Waals surface area contributed by atoms with E-state index in [2.05, 4.69) is 15.5 Å². The molecule has 1 heterocycles. The number of carbonyl (C=O) groups excluding carboxylic acids is 1.